The summed E-state index contributed by atoms with van der Waals surface area (Å²) >= 11 is 5.02. The molecule has 0 saturated carbocycles. The largest absolute Gasteiger partial charge is 0.343 e. The molecule has 0 aliphatic carbocycles. The van der Waals surface area contributed by atoms with E-state index >= 15 is 0 Å². The van der Waals surface area contributed by atoms with Crippen LogP contribution < -0.4 is 5.69 Å². The Morgan fingerprint density at radius 3 is 2.86 bits per heavy atom. The quantitative estimate of drug-likeness (QED) is 0.491. The van der Waals surface area contributed by atoms with Gasteiger partial charge in [-0.3, -0.25) is 4.57 Å². The number of hydrogen-bond acceptors (Lipinski definition) is 3. The highest BCUT2D eigenvalue weighted by Gasteiger charge is 2.03. The van der Waals surface area contributed by atoms with Crippen molar-refractivity contribution in [3.8, 4) is 0 Å². The van der Waals surface area contributed by atoms with E-state index < -0.39 is 0 Å². The SMILES string of the molecule is Cn1c(SCCCCCBr)n[nH]c1=O. The summed E-state index contributed by atoms with van der Waals surface area (Å²) in [6, 6.07) is 0. The van der Waals surface area contributed by atoms with E-state index in [4.69, 9.17) is 0 Å². The number of nitrogens with one attached hydrogen (secondary N) is 1. The summed E-state index contributed by atoms with van der Waals surface area (Å²) < 4.78 is 1.54. The van der Waals surface area contributed by atoms with Crippen molar-refractivity contribution in [1.82, 2.24) is 14.8 Å². The highest BCUT2D eigenvalue weighted by Crippen LogP contribution is 2.14. The van der Waals surface area contributed by atoms with E-state index in [0.29, 0.717) is 0 Å². The van der Waals surface area contributed by atoms with Crippen LogP contribution in [0.4, 0.5) is 0 Å². The van der Waals surface area contributed by atoms with Crippen LogP contribution in [-0.2, 0) is 7.05 Å². The molecule has 0 saturated heterocycles. The van der Waals surface area contributed by atoms with Gasteiger partial charge in [0.2, 0.25) is 0 Å². The van der Waals surface area contributed by atoms with E-state index in [0.717, 1.165) is 22.7 Å². The number of nitrogens with zero attached hydrogens (tertiary/aromatic N) is 2. The van der Waals surface area contributed by atoms with Gasteiger partial charge in [-0.05, 0) is 12.8 Å². The molecule has 1 N–H and O–H groups in total. The summed E-state index contributed by atoms with van der Waals surface area (Å²) in [5.41, 5.74) is -0.145. The van der Waals surface area contributed by atoms with Crippen LogP contribution in [0, 0.1) is 0 Å². The number of halogens is 1. The Hall–Kier alpha value is -0.230. The Labute approximate surface area is 95.6 Å². The fraction of sp³-hybridized carbons (Fsp3) is 0.750. The lowest BCUT2D eigenvalue weighted by Crippen LogP contribution is -2.12. The van der Waals surface area contributed by atoms with Crippen LogP contribution in [0.2, 0.25) is 0 Å². The molecule has 4 nitrogen and oxygen atoms in total. The van der Waals surface area contributed by atoms with Gasteiger partial charge in [0.1, 0.15) is 0 Å². The molecule has 0 bridgehead atoms. The second kappa shape index (κ2) is 6.29. The van der Waals surface area contributed by atoms with Gasteiger partial charge in [0.25, 0.3) is 0 Å². The van der Waals surface area contributed by atoms with E-state index in [2.05, 4.69) is 26.1 Å². The minimum Gasteiger partial charge on any atom is -0.273 e. The molecule has 1 aromatic rings. The van der Waals surface area contributed by atoms with Crippen molar-refractivity contribution >= 4 is 27.7 Å². The zero-order chi connectivity index (χ0) is 10.4. The monoisotopic (exact) mass is 279 g/mol. The fourth-order valence-corrected chi connectivity index (χ4v) is 2.31. The van der Waals surface area contributed by atoms with Gasteiger partial charge in [0.05, 0.1) is 0 Å². The van der Waals surface area contributed by atoms with Gasteiger partial charge in [-0.15, -0.1) is 5.10 Å². The molecule has 6 heteroatoms. The highest BCUT2D eigenvalue weighted by molar-refractivity contribution is 9.09. The molecule has 80 valence electrons. The Kier molecular flexibility index (Phi) is 5.32. The van der Waals surface area contributed by atoms with E-state index in [-0.39, 0.29) is 5.69 Å². The fourth-order valence-electron chi connectivity index (χ4n) is 0.998. The number of rotatable bonds is 6. The summed E-state index contributed by atoms with van der Waals surface area (Å²) in [5.74, 6) is 1.02. The van der Waals surface area contributed by atoms with Crippen molar-refractivity contribution in [3.63, 3.8) is 0 Å². The molecule has 0 unspecified atom stereocenters. The molecule has 0 radical (unpaired) electrons. The van der Waals surface area contributed by atoms with Gasteiger partial charge in [0, 0.05) is 18.1 Å². The Morgan fingerprint density at radius 1 is 1.50 bits per heavy atom. The Bertz CT molecular complexity index is 323. The lowest BCUT2D eigenvalue weighted by molar-refractivity contribution is 0.757. The number of aromatic nitrogens is 3. The summed E-state index contributed by atoms with van der Waals surface area (Å²) in [5, 5.41) is 8.17. The first-order valence-corrected chi connectivity index (χ1v) is 6.66. The average molecular weight is 280 g/mol. The third kappa shape index (κ3) is 3.49. The second-order valence-electron chi connectivity index (χ2n) is 2.97. The summed E-state index contributed by atoms with van der Waals surface area (Å²) in [6.07, 6.45) is 3.59. The van der Waals surface area contributed by atoms with Crippen LogP contribution in [0.1, 0.15) is 19.3 Å². The predicted octanol–water partition coefficient (Wildman–Crippen LogP) is 1.77. The van der Waals surface area contributed by atoms with Crippen LogP contribution in [0.3, 0.4) is 0 Å². The van der Waals surface area contributed by atoms with Gasteiger partial charge in [-0.25, -0.2) is 9.89 Å². The Morgan fingerprint density at radius 2 is 2.29 bits per heavy atom. The Balaban J connectivity index is 2.25. The third-order valence-electron chi connectivity index (χ3n) is 1.85. The van der Waals surface area contributed by atoms with Crippen LogP contribution >= 0.6 is 27.7 Å². The van der Waals surface area contributed by atoms with Crippen LogP contribution in [0.15, 0.2) is 9.95 Å². The van der Waals surface area contributed by atoms with Crippen LogP contribution in [-0.4, -0.2) is 25.8 Å². The normalized spacial score (nSPS) is 10.7. The predicted molar refractivity (Wildman–Crippen MR) is 62.2 cm³/mol. The molecular formula is C8H14BrN3OS. The topological polar surface area (TPSA) is 50.7 Å². The first-order chi connectivity index (χ1) is 6.75. The van der Waals surface area contributed by atoms with Crippen LogP contribution in [0.5, 0.6) is 0 Å². The smallest absolute Gasteiger partial charge is 0.273 e. The summed E-state index contributed by atoms with van der Waals surface area (Å²) in [4.78, 5) is 11.0. The molecule has 14 heavy (non-hydrogen) atoms. The number of aromatic amines is 1. The number of alkyl halides is 1. The number of thioether (sulfide) groups is 1. The van der Waals surface area contributed by atoms with E-state index in [9.17, 15) is 4.79 Å². The molecule has 0 amide bonds. The lowest BCUT2D eigenvalue weighted by atomic mass is 10.3. The number of H-pyrrole nitrogens is 1. The van der Waals surface area contributed by atoms with Crippen LogP contribution in [0.25, 0.3) is 0 Å². The van der Waals surface area contributed by atoms with Gasteiger partial charge in [-0.1, -0.05) is 34.1 Å². The molecule has 0 aliphatic heterocycles. The molecule has 0 fully saturated rings. The van der Waals surface area contributed by atoms with E-state index in [1.165, 1.54) is 17.4 Å². The minimum absolute atomic E-state index is 0.145. The maximum Gasteiger partial charge on any atom is 0.343 e. The van der Waals surface area contributed by atoms with Gasteiger partial charge in [-0.2, -0.15) is 0 Å². The minimum atomic E-state index is -0.145. The standard InChI is InChI=1S/C8H14BrN3OS/c1-12-7(13)10-11-8(12)14-6-4-2-3-5-9/h2-6H2,1H3,(H,10,13). The molecule has 0 atom stereocenters. The van der Waals surface area contributed by atoms with Crippen molar-refractivity contribution in [3.05, 3.63) is 10.5 Å². The van der Waals surface area contributed by atoms with Crippen molar-refractivity contribution in [2.24, 2.45) is 7.05 Å². The summed E-state index contributed by atoms with van der Waals surface area (Å²) in [6.45, 7) is 0. The second-order valence-corrected chi connectivity index (χ2v) is 4.82. The maximum absolute atomic E-state index is 11.0. The third-order valence-corrected chi connectivity index (χ3v) is 3.52. The first kappa shape index (κ1) is 11.8. The van der Waals surface area contributed by atoms with Gasteiger partial charge < -0.3 is 0 Å². The van der Waals surface area contributed by atoms with Crippen molar-refractivity contribution in [2.45, 2.75) is 24.4 Å². The van der Waals surface area contributed by atoms with E-state index in [1.807, 2.05) is 0 Å². The molecule has 1 aromatic heterocycles. The summed E-state index contributed by atoms with van der Waals surface area (Å²) in [7, 11) is 1.73. The van der Waals surface area contributed by atoms with Gasteiger partial charge >= 0.3 is 5.69 Å². The molecule has 0 spiro atoms. The zero-order valence-electron chi connectivity index (χ0n) is 8.12. The molecule has 1 rings (SSSR count). The van der Waals surface area contributed by atoms with E-state index in [1.54, 1.807) is 18.8 Å². The molecule has 0 aliphatic rings. The zero-order valence-corrected chi connectivity index (χ0v) is 10.5. The van der Waals surface area contributed by atoms with Gasteiger partial charge in [0.15, 0.2) is 5.16 Å². The lowest BCUT2D eigenvalue weighted by Gasteiger charge is -1.98. The molecular weight excluding hydrogens is 266 g/mol. The van der Waals surface area contributed by atoms with Crippen molar-refractivity contribution in [2.75, 3.05) is 11.1 Å². The maximum atomic E-state index is 11.0. The molecule has 0 aromatic carbocycles. The average Bonchev–Trinajstić information content (AvgIpc) is 2.49. The highest BCUT2D eigenvalue weighted by atomic mass is 79.9. The first-order valence-electron chi connectivity index (χ1n) is 4.56. The number of unbranched alkanes of at least 4 members (excludes halogenated alkanes) is 2. The number of hydrogen-bond donors (Lipinski definition) is 1. The molecule has 1 heterocycles. The van der Waals surface area contributed by atoms with Crippen molar-refractivity contribution < 1.29 is 0 Å². The van der Waals surface area contributed by atoms with Crippen molar-refractivity contribution in [1.29, 1.82) is 0 Å².